The van der Waals surface area contributed by atoms with E-state index in [0.717, 1.165) is 6.42 Å². The molecule has 5 nitrogen and oxygen atoms in total. The van der Waals surface area contributed by atoms with Gasteiger partial charge in [0.1, 0.15) is 0 Å². The molecule has 0 radical (unpaired) electrons. The quantitative estimate of drug-likeness (QED) is 0.678. The molecule has 17 heavy (non-hydrogen) atoms. The molecule has 0 fully saturated rings. The summed E-state index contributed by atoms with van der Waals surface area (Å²) in [6.07, 6.45) is 1.31. The van der Waals surface area contributed by atoms with E-state index in [1.54, 1.807) is 18.7 Å². The van der Waals surface area contributed by atoms with Crippen LogP contribution in [-0.2, 0) is 14.3 Å². The number of ether oxygens (including phenoxy) is 1. The maximum Gasteiger partial charge on any atom is 0.307 e. The highest BCUT2D eigenvalue weighted by Gasteiger charge is 2.29. The van der Waals surface area contributed by atoms with E-state index in [-0.39, 0.29) is 31.4 Å². The van der Waals surface area contributed by atoms with Crippen molar-refractivity contribution in [2.45, 2.75) is 45.6 Å². The Labute approximate surface area is 103 Å². The van der Waals surface area contributed by atoms with Crippen LogP contribution >= 0.6 is 0 Å². The molecule has 0 aliphatic heterocycles. The average Bonchev–Trinajstić information content (AvgIpc) is 2.29. The lowest BCUT2D eigenvalue weighted by molar-refractivity contribution is -0.144. The molecule has 0 saturated heterocycles. The fourth-order valence-electron chi connectivity index (χ4n) is 1.50. The second-order valence-corrected chi connectivity index (χ2v) is 4.59. The van der Waals surface area contributed by atoms with E-state index in [2.05, 4.69) is 4.74 Å². The number of esters is 1. The predicted octanol–water partition coefficient (Wildman–Crippen LogP) is 0.949. The Morgan fingerprint density at radius 2 is 1.88 bits per heavy atom. The topological polar surface area (TPSA) is 66.8 Å². The standard InChI is InChI=1S/C12H23NO4/c1-5-6-10(15)13(12(2,3)9-14)8-7-11(16)17-4/h14H,5-9H2,1-4H3. The van der Waals surface area contributed by atoms with E-state index in [1.807, 2.05) is 6.92 Å². The minimum absolute atomic E-state index is 0.0459. The fraction of sp³-hybridized carbons (Fsp3) is 0.833. The molecule has 0 heterocycles. The first-order chi connectivity index (χ1) is 7.88. The molecule has 0 unspecified atom stereocenters. The van der Waals surface area contributed by atoms with Crippen LogP contribution in [0, 0.1) is 0 Å². The lowest BCUT2D eigenvalue weighted by Crippen LogP contribution is -2.51. The van der Waals surface area contributed by atoms with Gasteiger partial charge < -0.3 is 14.7 Å². The van der Waals surface area contributed by atoms with Crippen LogP contribution in [0.3, 0.4) is 0 Å². The van der Waals surface area contributed by atoms with Crippen LogP contribution in [0.25, 0.3) is 0 Å². The van der Waals surface area contributed by atoms with Crippen molar-refractivity contribution in [1.82, 2.24) is 4.90 Å². The van der Waals surface area contributed by atoms with Crippen molar-refractivity contribution in [3.63, 3.8) is 0 Å². The SMILES string of the molecule is CCCC(=O)N(CCC(=O)OC)C(C)(C)CO. The van der Waals surface area contributed by atoms with Crippen molar-refractivity contribution in [1.29, 1.82) is 0 Å². The van der Waals surface area contributed by atoms with Gasteiger partial charge in [-0.15, -0.1) is 0 Å². The monoisotopic (exact) mass is 245 g/mol. The molecule has 0 aliphatic rings. The highest BCUT2D eigenvalue weighted by Crippen LogP contribution is 2.16. The molecule has 0 aromatic rings. The average molecular weight is 245 g/mol. The molecule has 0 aliphatic carbocycles. The summed E-state index contributed by atoms with van der Waals surface area (Å²) in [5, 5.41) is 9.29. The van der Waals surface area contributed by atoms with Crippen LogP contribution in [0.2, 0.25) is 0 Å². The third-order valence-corrected chi connectivity index (χ3v) is 2.65. The zero-order valence-electron chi connectivity index (χ0n) is 11.2. The van der Waals surface area contributed by atoms with Gasteiger partial charge in [-0.05, 0) is 20.3 Å². The van der Waals surface area contributed by atoms with Gasteiger partial charge in [-0.3, -0.25) is 9.59 Å². The number of hydrogen-bond acceptors (Lipinski definition) is 4. The number of aliphatic hydroxyl groups excluding tert-OH is 1. The van der Waals surface area contributed by atoms with Crippen molar-refractivity contribution in [2.24, 2.45) is 0 Å². The molecule has 0 atom stereocenters. The summed E-state index contributed by atoms with van der Waals surface area (Å²) in [7, 11) is 1.32. The molecule has 1 amide bonds. The molecule has 1 N–H and O–H groups in total. The third-order valence-electron chi connectivity index (χ3n) is 2.65. The van der Waals surface area contributed by atoms with Crippen molar-refractivity contribution in [2.75, 3.05) is 20.3 Å². The minimum atomic E-state index is -0.653. The van der Waals surface area contributed by atoms with Crippen molar-refractivity contribution < 1.29 is 19.4 Å². The van der Waals surface area contributed by atoms with E-state index in [9.17, 15) is 14.7 Å². The van der Waals surface area contributed by atoms with Crippen LogP contribution in [-0.4, -0.2) is 47.7 Å². The van der Waals surface area contributed by atoms with E-state index in [1.165, 1.54) is 7.11 Å². The lowest BCUT2D eigenvalue weighted by Gasteiger charge is -2.37. The first kappa shape index (κ1) is 15.9. The Morgan fingerprint density at radius 3 is 2.29 bits per heavy atom. The zero-order chi connectivity index (χ0) is 13.5. The Kier molecular flexibility index (Phi) is 6.80. The summed E-state index contributed by atoms with van der Waals surface area (Å²) in [4.78, 5) is 24.6. The maximum absolute atomic E-state index is 11.9. The van der Waals surface area contributed by atoms with Gasteiger partial charge in [0.25, 0.3) is 0 Å². The summed E-state index contributed by atoms with van der Waals surface area (Å²) in [6.45, 7) is 5.61. The van der Waals surface area contributed by atoms with Gasteiger partial charge in [0.15, 0.2) is 0 Å². The number of hydrogen-bond donors (Lipinski definition) is 1. The Hall–Kier alpha value is -1.10. The van der Waals surface area contributed by atoms with Gasteiger partial charge in [-0.2, -0.15) is 0 Å². The molecule has 0 spiro atoms. The van der Waals surface area contributed by atoms with E-state index >= 15 is 0 Å². The summed E-state index contributed by atoms with van der Waals surface area (Å²) in [5.41, 5.74) is -0.653. The fourth-order valence-corrected chi connectivity index (χ4v) is 1.50. The van der Waals surface area contributed by atoms with Crippen LogP contribution in [0.4, 0.5) is 0 Å². The Balaban J connectivity index is 4.62. The first-order valence-corrected chi connectivity index (χ1v) is 5.87. The van der Waals surface area contributed by atoms with E-state index in [4.69, 9.17) is 0 Å². The number of methoxy groups -OCH3 is 1. The number of carbonyl (C=O) groups is 2. The summed E-state index contributed by atoms with van der Waals surface area (Å²) in [5.74, 6) is -0.400. The molecule has 100 valence electrons. The van der Waals surface area contributed by atoms with Crippen molar-refractivity contribution >= 4 is 11.9 Å². The Morgan fingerprint density at radius 1 is 1.29 bits per heavy atom. The van der Waals surface area contributed by atoms with E-state index in [0.29, 0.717) is 6.42 Å². The van der Waals surface area contributed by atoms with Crippen molar-refractivity contribution in [3.8, 4) is 0 Å². The Bertz CT molecular complexity index is 263. The minimum Gasteiger partial charge on any atom is -0.469 e. The highest BCUT2D eigenvalue weighted by atomic mass is 16.5. The molecule has 0 aromatic heterocycles. The number of amides is 1. The van der Waals surface area contributed by atoms with Crippen LogP contribution in [0.15, 0.2) is 0 Å². The predicted molar refractivity (Wildman–Crippen MR) is 64.4 cm³/mol. The number of carbonyl (C=O) groups excluding carboxylic acids is 2. The molecule has 5 heteroatoms. The lowest BCUT2D eigenvalue weighted by atomic mass is 10.0. The smallest absolute Gasteiger partial charge is 0.307 e. The van der Waals surface area contributed by atoms with Gasteiger partial charge in [-0.25, -0.2) is 0 Å². The number of rotatable bonds is 7. The molecule has 0 aromatic carbocycles. The van der Waals surface area contributed by atoms with Gasteiger partial charge in [0.2, 0.25) is 5.91 Å². The highest BCUT2D eigenvalue weighted by molar-refractivity contribution is 5.78. The zero-order valence-corrected chi connectivity index (χ0v) is 11.2. The second-order valence-electron chi connectivity index (χ2n) is 4.59. The van der Waals surface area contributed by atoms with Crippen LogP contribution in [0.5, 0.6) is 0 Å². The molecule has 0 saturated carbocycles. The van der Waals surface area contributed by atoms with Crippen molar-refractivity contribution in [3.05, 3.63) is 0 Å². The summed E-state index contributed by atoms with van der Waals surface area (Å²) >= 11 is 0. The van der Waals surface area contributed by atoms with Crippen LogP contribution < -0.4 is 0 Å². The van der Waals surface area contributed by atoms with Gasteiger partial charge in [0, 0.05) is 13.0 Å². The van der Waals surface area contributed by atoms with Gasteiger partial charge in [-0.1, -0.05) is 6.92 Å². The number of aliphatic hydroxyl groups is 1. The van der Waals surface area contributed by atoms with Gasteiger partial charge in [0.05, 0.1) is 25.7 Å². The third kappa shape index (κ3) is 5.17. The second kappa shape index (κ2) is 7.27. The van der Waals surface area contributed by atoms with Gasteiger partial charge >= 0.3 is 5.97 Å². The van der Waals surface area contributed by atoms with Crippen LogP contribution in [0.1, 0.15) is 40.0 Å². The normalized spacial score (nSPS) is 11.1. The largest absolute Gasteiger partial charge is 0.469 e. The number of nitrogens with zero attached hydrogens (tertiary/aromatic N) is 1. The summed E-state index contributed by atoms with van der Waals surface area (Å²) in [6, 6.07) is 0. The molecular formula is C12H23NO4. The summed E-state index contributed by atoms with van der Waals surface area (Å²) < 4.78 is 4.55. The molecule has 0 rings (SSSR count). The van der Waals surface area contributed by atoms with E-state index < -0.39 is 5.54 Å². The maximum atomic E-state index is 11.9. The molecule has 0 bridgehead atoms. The molecular weight excluding hydrogens is 222 g/mol. The first-order valence-electron chi connectivity index (χ1n) is 5.87.